The molecule has 4 aromatic rings. The van der Waals surface area contributed by atoms with Crippen LogP contribution in [-0.4, -0.2) is 26.7 Å². The van der Waals surface area contributed by atoms with E-state index in [1.807, 2.05) is 61.3 Å². The Labute approximate surface area is 194 Å². The first-order valence-corrected chi connectivity index (χ1v) is 10.6. The second-order valence-electron chi connectivity index (χ2n) is 8.02. The largest absolute Gasteiger partial charge is 0.485 e. The Bertz CT molecular complexity index is 1310. The van der Waals surface area contributed by atoms with Crippen molar-refractivity contribution >= 4 is 24.0 Å². The van der Waals surface area contributed by atoms with Crippen molar-refractivity contribution in [3.63, 3.8) is 0 Å². The second-order valence-corrected chi connectivity index (χ2v) is 8.02. The van der Waals surface area contributed by atoms with Crippen molar-refractivity contribution in [3.8, 4) is 17.0 Å². The first-order chi connectivity index (χ1) is 15.1. The summed E-state index contributed by atoms with van der Waals surface area (Å²) in [5, 5.41) is 0. The van der Waals surface area contributed by atoms with Crippen molar-refractivity contribution in [2.45, 2.75) is 33.9 Å². The topological polar surface area (TPSA) is 46.8 Å². The molecule has 0 bridgehead atoms. The molecule has 2 aromatic carbocycles. The lowest BCUT2D eigenvalue weighted by Gasteiger charge is -2.11. The third-order valence-corrected chi connectivity index (χ3v) is 6.07. The number of aromatic nitrogens is 2. The third-order valence-electron chi connectivity index (χ3n) is 6.07. The summed E-state index contributed by atoms with van der Waals surface area (Å²) in [6.45, 7) is 8.01. The average Bonchev–Trinajstić information content (AvgIpc) is 3.28. The first-order valence-electron chi connectivity index (χ1n) is 10.6. The number of rotatable bonds is 5. The average molecular weight is 448 g/mol. The molecule has 164 valence electrons. The van der Waals surface area contributed by atoms with Crippen LogP contribution in [0.25, 0.3) is 16.9 Å². The molecule has 3 heterocycles. The Kier molecular flexibility index (Phi) is 5.94. The first kappa shape index (κ1) is 21.9. The molecule has 2 aromatic heterocycles. The van der Waals surface area contributed by atoms with Gasteiger partial charge in [0.1, 0.15) is 6.61 Å². The van der Waals surface area contributed by atoms with Crippen LogP contribution >= 0.6 is 12.4 Å². The van der Waals surface area contributed by atoms with E-state index < -0.39 is 0 Å². The van der Waals surface area contributed by atoms with Crippen LogP contribution in [0.4, 0.5) is 0 Å². The molecule has 0 saturated carbocycles. The maximum absolute atomic E-state index is 12.5. The molecule has 1 aliphatic rings. The van der Waals surface area contributed by atoms with Gasteiger partial charge in [-0.05, 0) is 61.7 Å². The Morgan fingerprint density at radius 1 is 1.06 bits per heavy atom. The van der Waals surface area contributed by atoms with Gasteiger partial charge in [0.15, 0.2) is 11.4 Å². The van der Waals surface area contributed by atoms with E-state index in [1.54, 1.807) is 0 Å². The number of imidazole rings is 1. The number of carbonyl (C=O) groups is 1. The molecule has 1 aliphatic heterocycles. The van der Waals surface area contributed by atoms with E-state index in [-0.39, 0.29) is 18.3 Å². The molecular formula is C26H26ClN3O2. The zero-order chi connectivity index (χ0) is 21.5. The predicted octanol–water partition coefficient (Wildman–Crippen LogP) is 5.59. The molecule has 0 saturated heterocycles. The van der Waals surface area contributed by atoms with Crippen molar-refractivity contribution in [1.29, 1.82) is 0 Å². The molecule has 6 heteroatoms. The van der Waals surface area contributed by atoms with E-state index in [0.717, 1.165) is 51.6 Å². The van der Waals surface area contributed by atoms with Gasteiger partial charge in [-0.1, -0.05) is 30.3 Å². The van der Waals surface area contributed by atoms with Gasteiger partial charge in [-0.15, -0.1) is 12.4 Å². The summed E-state index contributed by atoms with van der Waals surface area (Å²) >= 11 is 0. The molecule has 0 fully saturated rings. The highest BCUT2D eigenvalue weighted by molar-refractivity contribution is 5.99. The minimum Gasteiger partial charge on any atom is -0.485 e. The Morgan fingerprint density at radius 2 is 1.88 bits per heavy atom. The minimum atomic E-state index is 0. The molecule has 5 nitrogen and oxygen atoms in total. The van der Waals surface area contributed by atoms with Gasteiger partial charge in [-0.3, -0.25) is 9.20 Å². The number of hydrogen-bond acceptors (Lipinski definition) is 3. The smallest absolute Gasteiger partial charge is 0.254 e. The Balaban J connectivity index is 0.00000245. The van der Waals surface area contributed by atoms with Crippen molar-refractivity contribution in [2.75, 3.05) is 6.54 Å². The summed E-state index contributed by atoms with van der Waals surface area (Å²) in [4.78, 5) is 19.1. The lowest BCUT2D eigenvalue weighted by Crippen LogP contribution is -2.22. The molecule has 5 rings (SSSR count). The van der Waals surface area contributed by atoms with Crippen LogP contribution in [0.2, 0.25) is 0 Å². The summed E-state index contributed by atoms with van der Waals surface area (Å²) in [6.07, 6.45) is 2.02. The molecule has 0 spiro atoms. The molecule has 0 N–H and O–H groups in total. The molecule has 0 unspecified atom stereocenters. The van der Waals surface area contributed by atoms with E-state index in [9.17, 15) is 4.79 Å². The van der Waals surface area contributed by atoms with Crippen LogP contribution in [0.5, 0.6) is 5.75 Å². The molecule has 32 heavy (non-hydrogen) atoms. The van der Waals surface area contributed by atoms with Gasteiger partial charge in [-0.2, -0.15) is 0 Å². The predicted molar refractivity (Wildman–Crippen MR) is 129 cm³/mol. The van der Waals surface area contributed by atoms with Crippen LogP contribution in [0.3, 0.4) is 0 Å². The maximum atomic E-state index is 12.5. The van der Waals surface area contributed by atoms with Crippen LogP contribution in [0.15, 0.2) is 60.8 Å². The molecule has 0 atom stereocenters. The fourth-order valence-electron chi connectivity index (χ4n) is 4.33. The summed E-state index contributed by atoms with van der Waals surface area (Å²) in [6, 6.07) is 18.3. The number of halogens is 1. The molecule has 1 amide bonds. The maximum Gasteiger partial charge on any atom is 0.254 e. The normalized spacial score (nSPS) is 12.7. The highest BCUT2D eigenvalue weighted by Crippen LogP contribution is 2.33. The van der Waals surface area contributed by atoms with Crippen LogP contribution < -0.4 is 4.74 Å². The summed E-state index contributed by atoms with van der Waals surface area (Å²) in [5.74, 6) is 0.874. The number of carbonyl (C=O) groups excluding carboxylic acids is 1. The van der Waals surface area contributed by atoms with Gasteiger partial charge in [0.2, 0.25) is 0 Å². The number of amides is 1. The van der Waals surface area contributed by atoms with E-state index in [1.165, 1.54) is 5.56 Å². The number of hydrogen-bond donors (Lipinski definition) is 0. The summed E-state index contributed by atoms with van der Waals surface area (Å²) < 4.78 is 8.25. The molecule has 0 radical (unpaired) electrons. The number of fused-ring (bicyclic) bond motifs is 2. The van der Waals surface area contributed by atoms with E-state index >= 15 is 0 Å². The summed E-state index contributed by atoms with van der Waals surface area (Å²) in [5.41, 5.74) is 8.08. The molecular weight excluding hydrogens is 422 g/mol. The number of ether oxygens (including phenoxy) is 1. The zero-order valence-corrected chi connectivity index (χ0v) is 19.3. The zero-order valence-electron chi connectivity index (χ0n) is 18.5. The monoisotopic (exact) mass is 447 g/mol. The van der Waals surface area contributed by atoms with Gasteiger partial charge >= 0.3 is 0 Å². The van der Waals surface area contributed by atoms with Gasteiger partial charge in [0.25, 0.3) is 5.91 Å². The third kappa shape index (κ3) is 3.63. The van der Waals surface area contributed by atoms with E-state index in [2.05, 4.69) is 29.5 Å². The van der Waals surface area contributed by atoms with Crippen LogP contribution in [0, 0.1) is 13.8 Å². The lowest BCUT2D eigenvalue weighted by molar-refractivity contribution is 0.0787. The van der Waals surface area contributed by atoms with Gasteiger partial charge < -0.3 is 9.64 Å². The van der Waals surface area contributed by atoms with Gasteiger partial charge in [0, 0.05) is 30.4 Å². The molecule has 0 aliphatic carbocycles. The van der Waals surface area contributed by atoms with Crippen LogP contribution in [-0.2, 0) is 13.2 Å². The number of pyridine rings is 1. The van der Waals surface area contributed by atoms with Gasteiger partial charge in [-0.25, -0.2) is 4.98 Å². The number of nitrogens with zero attached hydrogens (tertiary/aromatic N) is 3. The van der Waals surface area contributed by atoms with Crippen molar-refractivity contribution in [2.24, 2.45) is 0 Å². The van der Waals surface area contributed by atoms with Crippen molar-refractivity contribution in [3.05, 3.63) is 88.7 Å². The minimum absolute atomic E-state index is 0. The fraction of sp³-hybridized carbons (Fsp3) is 0.231. The summed E-state index contributed by atoms with van der Waals surface area (Å²) in [7, 11) is 0. The van der Waals surface area contributed by atoms with Crippen molar-refractivity contribution in [1.82, 2.24) is 14.3 Å². The Morgan fingerprint density at radius 3 is 2.66 bits per heavy atom. The highest BCUT2D eigenvalue weighted by Gasteiger charge is 2.27. The number of benzene rings is 2. The second kappa shape index (κ2) is 8.67. The Hall–Kier alpha value is -3.31. The lowest BCUT2D eigenvalue weighted by atomic mass is 10.0. The number of aryl methyl sites for hydroxylation is 2. The highest BCUT2D eigenvalue weighted by atomic mass is 35.5. The van der Waals surface area contributed by atoms with Gasteiger partial charge in [0.05, 0.1) is 11.4 Å². The van der Waals surface area contributed by atoms with E-state index in [4.69, 9.17) is 9.72 Å². The standard InChI is InChI=1S/C26H25N3O2.ClH/c1-4-28-15-21-14-19(11-12-22(21)26(28)30)24-18(3)27-25-23(10-7-13-29(24)25)31-16-20-9-6-5-8-17(20)2;/h5-14H,4,15-16H2,1-3H3;1H. The quantitative estimate of drug-likeness (QED) is 0.400. The van der Waals surface area contributed by atoms with Crippen LogP contribution in [0.1, 0.15) is 39.7 Å². The van der Waals surface area contributed by atoms with E-state index in [0.29, 0.717) is 13.2 Å². The van der Waals surface area contributed by atoms with Crippen molar-refractivity contribution < 1.29 is 9.53 Å². The SMILES string of the molecule is CCN1Cc2cc(-c3c(C)nc4c(OCc5ccccc5C)cccn34)ccc2C1=O.Cl. The fourth-order valence-corrected chi connectivity index (χ4v) is 4.33.